The molecule has 0 unspecified atom stereocenters. The fourth-order valence-electron chi connectivity index (χ4n) is 2.49. The Morgan fingerprint density at radius 3 is 2.84 bits per heavy atom. The van der Waals surface area contributed by atoms with Crippen LogP contribution in [0.25, 0.3) is 0 Å². The van der Waals surface area contributed by atoms with E-state index >= 15 is 0 Å². The second kappa shape index (κ2) is 6.66. The van der Waals surface area contributed by atoms with Crippen molar-refractivity contribution in [2.45, 2.75) is 26.2 Å². The van der Waals surface area contributed by atoms with Gasteiger partial charge in [0, 0.05) is 12.5 Å². The summed E-state index contributed by atoms with van der Waals surface area (Å²) in [6, 6.07) is 4.79. The molecule has 1 fully saturated rings. The number of hydrogen-bond donors (Lipinski definition) is 2. The Morgan fingerprint density at radius 2 is 2.16 bits per heavy atom. The summed E-state index contributed by atoms with van der Waals surface area (Å²) in [6.07, 6.45) is 2.59. The fourth-order valence-corrected chi connectivity index (χ4v) is 2.49. The first kappa shape index (κ1) is 14.0. The Balaban J connectivity index is 1.78. The van der Waals surface area contributed by atoms with Gasteiger partial charge in [-0.25, -0.2) is 4.39 Å². The number of aryl methyl sites for hydroxylation is 1. The van der Waals surface area contributed by atoms with E-state index in [0.717, 1.165) is 43.5 Å². The predicted octanol–water partition coefficient (Wildman–Crippen LogP) is 1.79. The molecule has 0 spiro atoms. The minimum atomic E-state index is -0.208. The zero-order valence-electron chi connectivity index (χ0n) is 11.3. The van der Waals surface area contributed by atoms with E-state index in [0.29, 0.717) is 6.54 Å². The van der Waals surface area contributed by atoms with E-state index in [4.69, 9.17) is 0 Å². The van der Waals surface area contributed by atoms with E-state index < -0.39 is 0 Å². The van der Waals surface area contributed by atoms with E-state index in [9.17, 15) is 9.18 Å². The Hall–Kier alpha value is -1.42. The summed E-state index contributed by atoms with van der Waals surface area (Å²) < 4.78 is 13.0. The van der Waals surface area contributed by atoms with Crippen molar-refractivity contribution < 1.29 is 9.18 Å². The molecule has 0 radical (unpaired) electrons. The van der Waals surface area contributed by atoms with Gasteiger partial charge in [-0.1, -0.05) is 6.07 Å². The quantitative estimate of drug-likeness (QED) is 0.870. The average Bonchev–Trinajstić information content (AvgIpc) is 2.42. The number of nitrogens with one attached hydrogen (secondary N) is 2. The van der Waals surface area contributed by atoms with Gasteiger partial charge in [0.25, 0.3) is 0 Å². The lowest BCUT2D eigenvalue weighted by atomic mass is 9.97. The van der Waals surface area contributed by atoms with Gasteiger partial charge in [-0.05, 0) is 62.5 Å². The normalized spacial score (nSPS) is 16.3. The number of hydrogen-bond acceptors (Lipinski definition) is 2. The van der Waals surface area contributed by atoms with Crippen LogP contribution in [0.4, 0.5) is 4.39 Å². The van der Waals surface area contributed by atoms with Crippen molar-refractivity contribution in [3.63, 3.8) is 0 Å². The molecule has 3 nitrogen and oxygen atoms in total. The molecule has 2 N–H and O–H groups in total. The molecule has 0 bridgehead atoms. The Labute approximate surface area is 113 Å². The molecule has 0 saturated carbocycles. The van der Waals surface area contributed by atoms with Crippen LogP contribution in [0.3, 0.4) is 0 Å². The molecule has 0 aromatic heterocycles. The highest BCUT2D eigenvalue weighted by atomic mass is 19.1. The first-order chi connectivity index (χ1) is 9.16. The Bertz CT molecular complexity index is 442. The van der Waals surface area contributed by atoms with Crippen LogP contribution in [0.2, 0.25) is 0 Å². The number of piperidine rings is 1. The van der Waals surface area contributed by atoms with Crippen LogP contribution in [0.15, 0.2) is 18.2 Å². The maximum atomic E-state index is 13.0. The molecule has 1 aromatic rings. The molecule has 1 aliphatic rings. The van der Waals surface area contributed by atoms with Crippen LogP contribution in [0.5, 0.6) is 0 Å². The third-order valence-corrected chi connectivity index (χ3v) is 3.71. The summed E-state index contributed by atoms with van der Waals surface area (Å²) in [5.41, 5.74) is 2.03. The van der Waals surface area contributed by atoms with Crippen LogP contribution in [-0.4, -0.2) is 25.5 Å². The monoisotopic (exact) mass is 264 g/mol. The second-order valence-corrected chi connectivity index (χ2v) is 5.14. The third-order valence-electron chi connectivity index (χ3n) is 3.71. The second-order valence-electron chi connectivity index (χ2n) is 5.14. The SMILES string of the molecule is Cc1cc(F)ccc1CCNC(=O)C1CCNCC1. The summed E-state index contributed by atoms with van der Waals surface area (Å²) >= 11 is 0. The number of carbonyl (C=O) groups is 1. The highest BCUT2D eigenvalue weighted by molar-refractivity contribution is 5.78. The molecule has 104 valence electrons. The maximum Gasteiger partial charge on any atom is 0.223 e. The van der Waals surface area contributed by atoms with Gasteiger partial charge in [0.2, 0.25) is 5.91 Å². The fraction of sp³-hybridized carbons (Fsp3) is 0.533. The summed E-state index contributed by atoms with van der Waals surface area (Å²) in [6.45, 7) is 4.37. The summed E-state index contributed by atoms with van der Waals surface area (Å²) in [4.78, 5) is 11.9. The summed E-state index contributed by atoms with van der Waals surface area (Å²) in [5.74, 6) is 0.0943. The highest BCUT2D eigenvalue weighted by Gasteiger charge is 2.20. The molecule has 1 aromatic carbocycles. The molecular weight excluding hydrogens is 243 g/mol. The highest BCUT2D eigenvalue weighted by Crippen LogP contribution is 2.12. The zero-order valence-corrected chi connectivity index (χ0v) is 11.3. The molecule has 2 rings (SSSR count). The number of carbonyl (C=O) groups excluding carboxylic acids is 1. The van der Waals surface area contributed by atoms with Gasteiger partial charge >= 0.3 is 0 Å². The summed E-state index contributed by atoms with van der Waals surface area (Å²) in [7, 11) is 0. The van der Waals surface area contributed by atoms with E-state index in [-0.39, 0.29) is 17.6 Å². The first-order valence-corrected chi connectivity index (χ1v) is 6.90. The van der Waals surface area contributed by atoms with Crippen molar-refractivity contribution in [1.82, 2.24) is 10.6 Å². The van der Waals surface area contributed by atoms with E-state index in [1.54, 1.807) is 6.07 Å². The smallest absolute Gasteiger partial charge is 0.223 e. The van der Waals surface area contributed by atoms with Gasteiger partial charge in [0.05, 0.1) is 0 Å². The van der Waals surface area contributed by atoms with Gasteiger partial charge in [0.1, 0.15) is 5.82 Å². The largest absolute Gasteiger partial charge is 0.356 e. The van der Waals surface area contributed by atoms with Crippen molar-refractivity contribution in [2.75, 3.05) is 19.6 Å². The standard InChI is InChI=1S/C15H21FN2O/c1-11-10-14(16)3-2-12(11)6-9-18-15(19)13-4-7-17-8-5-13/h2-3,10,13,17H,4-9H2,1H3,(H,18,19). The average molecular weight is 264 g/mol. The zero-order chi connectivity index (χ0) is 13.7. The molecule has 1 heterocycles. The first-order valence-electron chi connectivity index (χ1n) is 6.90. The van der Waals surface area contributed by atoms with Gasteiger partial charge in [-0.3, -0.25) is 4.79 Å². The predicted molar refractivity (Wildman–Crippen MR) is 73.4 cm³/mol. The van der Waals surface area contributed by atoms with E-state index in [1.807, 2.05) is 6.92 Å². The number of amides is 1. The Kier molecular flexibility index (Phi) is 4.91. The summed E-state index contributed by atoms with van der Waals surface area (Å²) in [5, 5.41) is 6.23. The van der Waals surface area contributed by atoms with Crippen LogP contribution in [-0.2, 0) is 11.2 Å². The maximum absolute atomic E-state index is 13.0. The number of rotatable bonds is 4. The molecule has 1 saturated heterocycles. The number of halogens is 1. The van der Waals surface area contributed by atoms with Crippen molar-refractivity contribution in [2.24, 2.45) is 5.92 Å². The molecule has 0 atom stereocenters. The van der Waals surface area contributed by atoms with Crippen molar-refractivity contribution in [3.8, 4) is 0 Å². The van der Waals surface area contributed by atoms with Crippen LogP contribution >= 0.6 is 0 Å². The van der Waals surface area contributed by atoms with Crippen LogP contribution < -0.4 is 10.6 Å². The van der Waals surface area contributed by atoms with E-state index in [1.165, 1.54) is 12.1 Å². The van der Waals surface area contributed by atoms with E-state index in [2.05, 4.69) is 10.6 Å². The lowest BCUT2D eigenvalue weighted by molar-refractivity contribution is -0.125. The lowest BCUT2D eigenvalue weighted by Gasteiger charge is -2.21. The number of benzene rings is 1. The Morgan fingerprint density at radius 1 is 1.42 bits per heavy atom. The molecule has 4 heteroatoms. The van der Waals surface area contributed by atoms with Crippen molar-refractivity contribution in [3.05, 3.63) is 35.1 Å². The molecule has 19 heavy (non-hydrogen) atoms. The van der Waals surface area contributed by atoms with Gasteiger partial charge < -0.3 is 10.6 Å². The van der Waals surface area contributed by atoms with Gasteiger partial charge in [0.15, 0.2) is 0 Å². The molecule has 0 aliphatic carbocycles. The van der Waals surface area contributed by atoms with Crippen LogP contribution in [0, 0.1) is 18.7 Å². The van der Waals surface area contributed by atoms with Gasteiger partial charge in [-0.15, -0.1) is 0 Å². The van der Waals surface area contributed by atoms with Crippen LogP contribution in [0.1, 0.15) is 24.0 Å². The topological polar surface area (TPSA) is 41.1 Å². The molecule has 1 aliphatic heterocycles. The van der Waals surface area contributed by atoms with Gasteiger partial charge in [-0.2, -0.15) is 0 Å². The molecule has 1 amide bonds. The lowest BCUT2D eigenvalue weighted by Crippen LogP contribution is -2.38. The minimum absolute atomic E-state index is 0.149. The molecular formula is C15H21FN2O. The van der Waals surface area contributed by atoms with Crippen molar-refractivity contribution >= 4 is 5.91 Å². The van der Waals surface area contributed by atoms with Crippen molar-refractivity contribution in [1.29, 1.82) is 0 Å². The third kappa shape index (κ3) is 4.03. The minimum Gasteiger partial charge on any atom is -0.356 e.